The number of nitrogens with one attached hydrogen (secondary N) is 1. The molecule has 3 rings (SSSR count). The zero-order valence-electron chi connectivity index (χ0n) is 11.2. The molecule has 0 aromatic carbocycles. The summed E-state index contributed by atoms with van der Waals surface area (Å²) in [6.07, 6.45) is 5.55. The normalized spacial score (nSPS) is 21.7. The molecule has 0 atom stereocenters. The van der Waals surface area contributed by atoms with Gasteiger partial charge in [0.15, 0.2) is 0 Å². The van der Waals surface area contributed by atoms with Crippen molar-refractivity contribution in [3.8, 4) is 0 Å². The van der Waals surface area contributed by atoms with E-state index in [0.717, 1.165) is 16.4 Å². The number of hydrogen-bond donors (Lipinski definition) is 1. The highest BCUT2D eigenvalue weighted by Crippen LogP contribution is 2.36. The van der Waals surface area contributed by atoms with Crippen LogP contribution in [0, 0.1) is 0 Å². The van der Waals surface area contributed by atoms with Gasteiger partial charge in [-0.1, -0.05) is 0 Å². The number of fused-ring (bicyclic) bond motifs is 1. The van der Waals surface area contributed by atoms with Gasteiger partial charge in [-0.3, -0.25) is 4.98 Å². The smallest absolute Gasteiger partial charge is 0.399 e. The van der Waals surface area contributed by atoms with Gasteiger partial charge < -0.3 is 14.3 Å². The van der Waals surface area contributed by atoms with E-state index >= 15 is 0 Å². The summed E-state index contributed by atoms with van der Waals surface area (Å²) >= 11 is 0. The number of H-pyrrole nitrogens is 1. The van der Waals surface area contributed by atoms with Gasteiger partial charge in [0.25, 0.3) is 0 Å². The second-order valence-electron chi connectivity index (χ2n) is 5.75. The lowest BCUT2D eigenvalue weighted by Gasteiger charge is -2.32. The molecule has 18 heavy (non-hydrogen) atoms. The Bertz CT molecular complexity index is 575. The number of aromatic amines is 1. The molecule has 94 valence electrons. The Balaban J connectivity index is 2.03. The van der Waals surface area contributed by atoms with Crippen LogP contribution in [0.2, 0.25) is 0 Å². The third kappa shape index (κ3) is 1.58. The third-order valence-corrected chi connectivity index (χ3v) is 4.02. The van der Waals surface area contributed by atoms with Gasteiger partial charge in [0.1, 0.15) is 0 Å². The first-order valence-electron chi connectivity index (χ1n) is 6.17. The third-order valence-electron chi connectivity index (χ3n) is 4.02. The van der Waals surface area contributed by atoms with Gasteiger partial charge in [0.2, 0.25) is 0 Å². The first-order valence-corrected chi connectivity index (χ1v) is 6.17. The summed E-state index contributed by atoms with van der Waals surface area (Å²) in [5.74, 6) is 0. The SMILES string of the molecule is CC1(C)OB(c2c[nH]c3ccncc23)OC1(C)C. The highest BCUT2D eigenvalue weighted by Gasteiger charge is 2.52. The molecule has 1 saturated heterocycles. The van der Waals surface area contributed by atoms with Crippen molar-refractivity contribution in [3.05, 3.63) is 24.7 Å². The predicted octanol–water partition coefficient (Wildman–Crippen LogP) is 1.86. The molecule has 2 aromatic rings. The van der Waals surface area contributed by atoms with E-state index in [4.69, 9.17) is 9.31 Å². The van der Waals surface area contributed by atoms with E-state index in [2.05, 4.69) is 37.7 Å². The van der Waals surface area contributed by atoms with Crippen molar-refractivity contribution in [3.63, 3.8) is 0 Å². The largest absolute Gasteiger partial charge is 0.497 e. The zero-order chi connectivity index (χ0) is 13.0. The first kappa shape index (κ1) is 11.7. The molecule has 0 amide bonds. The van der Waals surface area contributed by atoms with Crippen LogP contribution in [0.5, 0.6) is 0 Å². The molecule has 0 unspecified atom stereocenters. The van der Waals surface area contributed by atoms with E-state index < -0.39 is 0 Å². The molecule has 0 bridgehead atoms. The van der Waals surface area contributed by atoms with Gasteiger partial charge in [-0.15, -0.1) is 0 Å². The maximum Gasteiger partial charge on any atom is 0.497 e. The van der Waals surface area contributed by atoms with E-state index in [0.29, 0.717) is 0 Å². The molecule has 2 aromatic heterocycles. The second-order valence-corrected chi connectivity index (χ2v) is 5.75. The highest BCUT2D eigenvalue weighted by molar-refractivity contribution is 6.65. The predicted molar refractivity (Wildman–Crippen MR) is 71.8 cm³/mol. The fraction of sp³-hybridized carbons (Fsp3) is 0.462. The molecular weight excluding hydrogens is 227 g/mol. The summed E-state index contributed by atoms with van der Waals surface area (Å²) in [7, 11) is -0.340. The molecule has 4 nitrogen and oxygen atoms in total. The Kier molecular flexibility index (Phi) is 2.34. The summed E-state index contributed by atoms with van der Waals surface area (Å²) < 4.78 is 12.1. The molecule has 1 aliphatic heterocycles. The second kappa shape index (κ2) is 3.59. The molecular formula is C13H17BN2O2. The summed E-state index contributed by atoms with van der Waals surface area (Å²) in [4.78, 5) is 7.38. The number of nitrogens with zero attached hydrogens (tertiary/aromatic N) is 1. The molecule has 1 aliphatic rings. The summed E-state index contributed by atoms with van der Waals surface area (Å²) in [5.41, 5.74) is 1.43. The Hall–Kier alpha value is -1.33. The van der Waals surface area contributed by atoms with Crippen molar-refractivity contribution < 1.29 is 9.31 Å². The maximum atomic E-state index is 6.05. The monoisotopic (exact) mass is 244 g/mol. The minimum atomic E-state index is -0.340. The van der Waals surface area contributed by atoms with Crippen LogP contribution in [-0.2, 0) is 9.31 Å². The van der Waals surface area contributed by atoms with Crippen LogP contribution in [0.1, 0.15) is 27.7 Å². The van der Waals surface area contributed by atoms with E-state index in [-0.39, 0.29) is 18.3 Å². The van der Waals surface area contributed by atoms with Gasteiger partial charge in [0.05, 0.1) is 11.2 Å². The van der Waals surface area contributed by atoms with E-state index in [1.165, 1.54) is 0 Å². The Labute approximate surface area is 107 Å². The van der Waals surface area contributed by atoms with E-state index in [1.807, 2.05) is 18.5 Å². The van der Waals surface area contributed by atoms with Crippen LogP contribution < -0.4 is 5.46 Å². The van der Waals surface area contributed by atoms with Crippen molar-refractivity contribution >= 4 is 23.5 Å². The van der Waals surface area contributed by atoms with E-state index in [9.17, 15) is 0 Å². The number of pyridine rings is 1. The van der Waals surface area contributed by atoms with Crippen LogP contribution in [0.25, 0.3) is 10.9 Å². The number of aromatic nitrogens is 2. The van der Waals surface area contributed by atoms with E-state index in [1.54, 1.807) is 6.20 Å². The minimum absolute atomic E-state index is 0.316. The molecule has 0 spiro atoms. The Morgan fingerprint density at radius 3 is 2.50 bits per heavy atom. The van der Waals surface area contributed by atoms with Crippen LogP contribution in [-0.4, -0.2) is 28.3 Å². The quantitative estimate of drug-likeness (QED) is 0.779. The Morgan fingerprint density at radius 1 is 1.17 bits per heavy atom. The highest BCUT2D eigenvalue weighted by atomic mass is 16.7. The maximum absolute atomic E-state index is 6.05. The van der Waals surface area contributed by atoms with Crippen molar-refractivity contribution in [2.75, 3.05) is 0 Å². The molecule has 1 N–H and O–H groups in total. The topological polar surface area (TPSA) is 47.1 Å². The molecule has 5 heteroatoms. The number of hydrogen-bond acceptors (Lipinski definition) is 3. The van der Waals surface area contributed by atoms with Gasteiger partial charge in [-0.05, 0) is 33.8 Å². The van der Waals surface area contributed by atoms with Crippen LogP contribution >= 0.6 is 0 Å². The summed E-state index contributed by atoms with van der Waals surface area (Å²) in [5, 5.41) is 1.05. The van der Waals surface area contributed by atoms with Gasteiger partial charge in [0, 0.05) is 35.0 Å². The van der Waals surface area contributed by atoms with Crippen molar-refractivity contribution in [2.45, 2.75) is 38.9 Å². The first-order chi connectivity index (χ1) is 8.41. The molecule has 0 aliphatic carbocycles. The standard InChI is InChI=1S/C13H17BN2O2/c1-12(2)13(3,4)18-14(17-12)10-8-16-11-5-6-15-7-9(10)11/h5-8,16H,1-4H3. The van der Waals surface area contributed by atoms with Gasteiger partial charge >= 0.3 is 7.12 Å². The average molecular weight is 244 g/mol. The van der Waals surface area contributed by atoms with Crippen molar-refractivity contribution in [1.82, 2.24) is 9.97 Å². The lowest BCUT2D eigenvalue weighted by Crippen LogP contribution is -2.41. The van der Waals surface area contributed by atoms with Crippen LogP contribution in [0.4, 0.5) is 0 Å². The van der Waals surface area contributed by atoms with Crippen molar-refractivity contribution in [2.24, 2.45) is 0 Å². The fourth-order valence-electron chi connectivity index (χ4n) is 2.15. The summed E-state index contributed by atoms with van der Waals surface area (Å²) in [6.45, 7) is 8.22. The Morgan fingerprint density at radius 2 is 1.83 bits per heavy atom. The lowest BCUT2D eigenvalue weighted by atomic mass is 9.79. The lowest BCUT2D eigenvalue weighted by molar-refractivity contribution is 0.00578. The van der Waals surface area contributed by atoms with Crippen molar-refractivity contribution in [1.29, 1.82) is 0 Å². The summed E-state index contributed by atoms with van der Waals surface area (Å²) in [6, 6.07) is 1.95. The minimum Gasteiger partial charge on any atom is -0.399 e. The van der Waals surface area contributed by atoms with Gasteiger partial charge in [-0.25, -0.2) is 0 Å². The number of rotatable bonds is 1. The van der Waals surface area contributed by atoms with Crippen LogP contribution in [0.3, 0.4) is 0 Å². The molecule has 1 fully saturated rings. The van der Waals surface area contributed by atoms with Gasteiger partial charge in [-0.2, -0.15) is 0 Å². The van der Waals surface area contributed by atoms with Crippen LogP contribution in [0.15, 0.2) is 24.7 Å². The molecule has 3 heterocycles. The molecule has 0 saturated carbocycles. The average Bonchev–Trinajstić information content (AvgIpc) is 2.78. The zero-order valence-corrected chi connectivity index (χ0v) is 11.2. The molecule has 0 radical (unpaired) electrons. The fourth-order valence-corrected chi connectivity index (χ4v) is 2.15.